The second-order valence-electron chi connectivity index (χ2n) is 6.86. The molecule has 0 unspecified atom stereocenters. The molecule has 0 radical (unpaired) electrons. The molecule has 0 aliphatic carbocycles. The Hall–Kier alpha value is -3.03. The van der Waals surface area contributed by atoms with Crippen LogP contribution < -0.4 is 10.2 Å². The SMILES string of the molecule is O=C(Cc1ccccc1)NCC(=O)N1CCN(c2cccc(C(F)(F)F)c2)CC1. The lowest BCUT2D eigenvalue weighted by molar-refractivity contribution is -0.137. The number of rotatable bonds is 5. The van der Waals surface area contributed by atoms with Gasteiger partial charge >= 0.3 is 6.18 Å². The molecule has 1 aliphatic rings. The third kappa shape index (κ3) is 5.73. The average Bonchev–Trinajstić information content (AvgIpc) is 2.72. The van der Waals surface area contributed by atoms with Gasteiger partial charge in [-0.2, -0.15) is 13.2 Å². The van der Waals surface area contributed by atoms with E-state index in [0.29, 0.717) is 31.9 Å². The Morgan fingerprint density at radius 3 is 2.28 bits per heavy atom. The van der Waals surface area contributed by atoms with Crippen LogP contribution in [0.4, 0.5) is 18.9 Å². The third-order valence-corrected chi connectivity index (χ3v) is 4.82. The molecule has 1 aliphatic heterocycles. The van der Waals surface area contributed by atoms with Crippen LogP contribution in [0.5, 0.6) is 0 Å². The summed E-state index contributed by atoms with van der Waals surface area (Å²) in [7, 11) is 0. The van der Waals surface area contributed by atoms with Gasteiger partial charge in [0, 0.05) is 31.9 Å². The number of amides is 2. The monoisotopic (exact) mass is 405 g/mol. The molecule has 2 amide bonds. The van der Waals surface area contributed by atoms with Crippen molar-refractivity contribution in [3.05, 3.63) is 65.7 Å². The van der Waals surface area contributed by atoms with Crippen LogP contribution in [0.3, 0.4) is 0 Å². The number of halogens is 3. The lowest BCUT2D eigenvalue weighted by atomic mass is 10.1. The van der Waals surface area contributed by atoms with Crippen molar-refractivity contribution in [1.82, 2.24) is 10.2 Å². The fourth-order valence-corrected chi connectivity index (χ4v) is 3.22. The number of carbonyl (C=O) groups excluding carboxylic acids is 2. The highest BCUT2D eigenvalue weighted by Crippen LogP contribution is 2.31. The molecule has 2 aromatic carbocycles. The summed E-state index contributed by atoms with van der Waals surface area (Å²) in [5.41, 5.74) is 0.671. The van der Waals surface area contributed by atoms with E-state index >= 15 is 0 Å². The zero-order valence-electron chi connectivity index (χ0n) is 15.8. The second kappa shape index (κ2) is 8.98. The van der Waals surface area contributed by atoms with E-state index in [0.717, 1.165) is 17.7 Å². The summed E-state index contributed by atoms with van der Waals surface area (Å²) in [5.74, 6) is -0.428. The zero-order valence-corrected chi connectivity index (χ0v) is 15.8. The molecule has 154 valence electrons. The summed E-state index contributed by atoms with van der Waals surface area (Å²) >= 11 is 0. The molecule has 1 N–H and O–H groups in total. The summed E-state index contributed by atoms with van der Waals surface area (Å²) in [6, 6.07) is 14.4. The van der Waals surface area contributed by atoms with E-state index in [1.165, 1.54) is 6.07 Å². The van der Waals surface area contributed by atoms with Gasteiger partial charge in [-0.05, 0) is 23.8 Å². The van der Waals surface area contributed by atoms with Gasteiger partial charge in [-0.25, -0.2) is 0 Å². The lowest BCUT2D eigenvalue weighted by Crippen LogP contribution is -2.51. The van der Waals surface area contributed by atoms with E-state index in [4.69, 9.17) is 0 Å². The number of anilines is 1. The van der Waals surface area contributed by atoms with Crippen molar-refractivity contribution in [3.63, 3.8) is 0 Å². The summed E-state index contributed by atoms with van der Waals surface area (Å²) < 4.78 is 38.7. The Kier molecular flexibility index (Phi) is 6.41. The first-order valence-corrected chi connectivity index (χ1v) is 9.33. The Morgan fingerprint density at radius 2 is 1.62 bits per heavy atom. The number of hydrogen-bond acceptors (Lipinski definition) is 3. The Bertz CT molecular complexity index is 848. The number of nitrogens with one attached hydrogen (secondary N) is 1. The van der Waals surface area contributed by atoms with Crippen molar-refractivity contribution in [3.8, 4) is 0 Å². The predicted octanol–water partition coefficient (Wildman–Crippen LogP) is 2.71. The quantitative estimate of drug-likeness (QED) is 0.832. The van der Waals surface area contributed by atoms with E-state index in [1.54, 1.807) is 11.0 Å². The summed E-state index contributed by atoms with van der Waals surface area (Å²) in [6.45, 7) is 1.57. The molecule has 5 nitrogen and oxygen atoms in total. The molecule has 0 bridgehead atoms. The minimum Gasteiger partial charge on any atom is -0.368 e. The summed E-state index contributed by atoms with van der Waals surface area (Å²) in [5, 5.41) is 2.63. The normalized spacial score (nSPS) is 14.6. The molecule has 1 heterocycles. The fourth-order valence-electron chi connectivity index (χ4n) is 3.22. The summed E-state index contributed by atoms with van der Waals surface area (Å²) in [6.07, 6.45) is -4.18. The molecule has 29 heavy (non-hydrogen) atoms. The maximum Gasteiger partial charge on any atom is 0.416 e. The van der Waals surface area contributed by atoms with Gasteiger partial charge in [0.1, 0.15) is 0 Å². The van der Waals surface area contributed by atoms with Crippen LogP contribution in [0, 0.1) is 0 Å². The molecule has 3 rings (SSSR count). The van der Waals surface area contributed by atoms with Crippen LogP contribution in [0.25, 0.3) is 0 Å². The van der Waals surface area contributed by atoms with Crippen LogP contribution in [0.2, 0.25) is 0 Å². The van der Waals surface area contributed by atoms with Crippen molar-refractivity contribution in [2.45, 2.75) is 12.6 Å². The first kappa shape index (κ1) is 20.7. The molecule has 0 aromatic heterocycles. The van der Waals surface area contributed by atoms with Gasteiger partial charge in [-0.1, -0.05) is 36.4 Å². The van der Waals surface area contributed by atoms with Crippen LogP contribution in [0.15, 0.2) is 54.6 Å². The van der Waals surface area contributed by atoms with Gasteiger partial charge in [0.25, 0.3) is 0 Å². The van der Waals surface area contributed by atoms with Gasteiger partial charge in [-0.3, -0.25) is 9.59 Å². The minimum atomic E-state index is -4.38. The Morgan fingerprint density at radius 1 is 0.931 bits per heavy atom. The molecule has 1 fully saturated rings. The van der Waals surface area contributed by atoms with Gasteiger partial charge in [0.2, 0.25) is 11.8 Å². The van der Waals surface area contributed by atoms with E-state index in [-0.39, 0.29) is 24.8 Å². The highest BCUT2D eigenvalue weighted by molar-refractivity contribution is 5.85. The van der Waals surface area contributed by atoms with Crippen LogP contribution in [-0.4, -0.2) is 49.4 Å². The number of alkyl halides is 3. The number of piperazine rings is 1. The van der Waals surface area contributed by atoms with Gasteiger partial charge in [0.05, 0.1) is 18.5 Å². The highest BCUT2D eigenvalue weighted by atomic mass is 19.4. The predicted molar refractivity (Wildman–Crippen MR) is 103 cm³/mol. The van der Waals surface area contributed by atoms with E-state index in [1.807, 2.05) is 35.2 Å². The molecule has 0 atom stereocenters. The lowest BCUT2D eigenvalue weighted by Gasteiger charge is -2.36. The topological polar surface area (TPSA) is 52.7 Å². The van der Waals surface area contributed by atoms with E-state index in [2.05, 4.69) is 5.32 Å². The standard InChI is InChI=1S/C21H22F3N3O2/c22-21(23,24)17-7-4-8-18(14-17)26-9-11-27(12-10-26)20(29)15-25-19(28)13-16-5-2-1-3-6-16/h1-8,14H,9-13,15H2,(H,25,28). The van der Waals surface area contributed by atoms with Crippen LogP contribution >= 0.6 is 0 Å². The van der Waals surface area contributed by atoms with Crippen LogP contribution in [0.1, 0.15) is 11.1 Å². The molecule has 0 spiro atoms. The Labute approximate surface area is 167 Å². The minimum absolute atomic E-state index is 0.0881. The van der Waals surface area contributed by atoms with Gasteiger partial charge in [0.15, 0.2) is 0 Å². The number of nitrogens with zero attached hydrogens (tertiary/aromatic N) is 2. The maximum absolute atomic E-state index is 12.9. The molecular weight excluding hydrogens is 383 g/mol. The second-order valence-corrected chi connectivity index (χ2v) is 6.86. The first-order valence-electron chi connectivity index (χ1n) is 9.33. The fraction of sp³-hybridized carbons (Fsp3) is 0.333. The highest BCUT2D eigenvalue weighted by Gasteiger charge is 2.31. The maximum atomic E-state index is 12.9. The molecule has 2 aromatic rings. The molecule has 8 heteroatoms. The molecule has 1 saturated heterocycles. The van der Waals surface area contributed by atoms with Crippen molar-refractivity contribution >= 4 is 17.5 Å². The van der Waals surface area contributed by atoms with Crippen molar-refractivity contribution in [2.24, 2.45) is 0 Å². The average molecular weight is 405 g/mol. The van der Waals surface area contributed by atoms with E-state index in [9.17, 15) is 22.8 Å². The molecular formula is C21H22F3N3O2. The van der Waals surface area contributed by atoms with Crippen molar-refractivity contribution < 1.29 is 22.8 Å². The van der Waals surface area contributed by atoms with Crippen LogP contribution in [-0.2, 0) is 22.2 Å². The number of carbonyl (C=O) groups is 2. The number of benzene rings is 2. The molecule has 0 saturated carbocycles. The van der Waals surface area contributed by atoms with Gasteiger partial charge in [-0.15, -0.1) is 0 Å². The van der Waals surface area contributed by atoms with E-state index < -0.39 is 11.7 Å². The first-order chi connectivity index (χ1) is 13.8. The van der Waals surface area contributed by atoms with Gasteiger partial charge < -0.3 is 15.1 Å². The Balaban J connectivity index is 1.46. The number of hydrogen-bond donors (Lipinski definition) is 1. The smallest absolute Gasteiger partial charge is 0.368 e. The van der Waals surface area contributed by atoms with Crippen molar-refractivity contribution in [2.75, 3.05) is 37.6 Å². The summed E-state index contributed by atoms with van der Waals surface area (Å²) in [4.78, 5) is 27.7. The largest absolute Gasteiger partial charge is 0.416 e. The van der Waals surface area contributed by atoms with Crippen molar-refractivity contribution in [1.29, 1.82) is 0 Å². The zero-order chi connectivity index (χ0) is 20.9. The third-order valence-electron chi connectivity index (χ3n) is 4.82.